The van der Waals surface area contributed by atoms with E-state index in [0.29, 0.717) is 0 Å². The van der Waals surface area contributed by atoms with E-state index in [4.69, 9.17) is 0 Å². The van der Waals surface area contributed by atoms with Gasteiger partial charge in [-0.05, 0) is 380 Å². The second-order valence-electron chi connectivity index (χ2n) is 42.6. The summed E-state index contributed by atoms with van der Waals surface area (Å²) in [7, 11) is 0. The number of benzene rings is 18. The van der Waals surface area contributed by atoms with Gasteiger partial charge in [0.2, 0.25) is 0 Å². The van der Waals surface area contributed by atoms with Crippen molar-refractivity contribution in [3.63, 3.8) is 0 Å². The van der Waals surface area contributed by atoms with Gasteiger partial charge in [0.1, 0.15) is 0 Å². The highest BCUT2D eigenvalue weighted by molar-refractivity contribution is 6.03. The van der Waals surface area contributed by atoms with Gasteiger partial charge in [-0.2, -0.15) is 0 Å². The number of rotatable bonds is 12. The van der Waals surface area contributed by atoms with Crippen LogP contribution in [0.3, 0.4) is 0 Å². The molecule has 0 aliphatic heterocycles. The zero-order chi connectivity index (χ0) is 88.6. The lowest BCUT2D eigenvalue weighted by molar-refractivity contribution is -0.0399. The largest absolute Gasteiger partial charge is 0.310 e. The van der Waals surface area contributed by atoms with Crippen molar-refractivity contribution in [3.8, 4) is 66.8 Å². The maximum Gasteiger partial charge on any atom is 0.0543 e. The molecule has 15 aliphatic rings. The Morgan fingerprint density at radius 3 is 0.874 bits per heavy atom. The Morgan fingerprint density at radius 2 is 0.437 bits per heavy atom. The number of hydrogen-bond acceptors (Lipinski definition) is 3. The zero-order valence-corrected chi connectivity index (χ0v) is 76.7. The molecule has 0 radical (unpaired) electrons. The van der Waals surface area contributed by atoms with Crippen molar-refractivity contribution in [1.29, 1.82) is 0 Å². The van der Waals surface area contributed by atoms with Gasteiger partial charge in [0.05, 0.1) is 17.1 Å². The molecule has 18 aromatic carbocycles. The lowest BCUT2D eigenvalue weighted by atomic mass is 9.43. The van der Waals surface area contributed by atoms with E-state index in [1.54, 1.807) is 33.4 Å². The Labute approximate surface area is 794 Å². The minimum Gasteiger partial charge on any atom is -0.310 e. The molecule has 0 amide bonds. The van der Waals surface area contributed by atoms with Gasteiger partial charge in [0.25, 0.3) is 0 Å². The molecule has 12 fully saturated rings. The molecule has 12 bridgehead atoms. The molecule has 0 unspecified atom stereocenters. The van der Waals surface area contributed by atoms with Crippen molar-refractivity contribution in [2.24, 2.45) is 71.0 Å². The number of fused-ring (bicyclic) bond motifs is 12. The second-order valence-corrected chi connectivity index (χ2v) is 42.6. The van der Waals surface area contributed by atoms with Crippen molar-refractivity contribution >= 4 is 83.5 Å². The molecular weight excluding hydrogens is 1630 g/mol. The molecule has 0 saturated heterocycles. The van der Waals surface area contributed by atoms with Crippen LogP contribution in [-0.4, -0.2) is 0 Å². The summed E-state index contributed by atoms with van der Waals surface area (Å²) in [6.45, 7) is 0. The first-order chi connectivity index (χ1) is 66.8. The molecular formula is C132H111N3. The normalized spacial score (nSPS) is 25.4. The Hall–Kier alpha value is -13.9. The van der Waals surface area contributed by atoms with Crippen molar-refractivity contribution in [2.75, 3.05) is 14.7 Å². The minimum atomic E-state index is 0.149. The van der Waals surface area contributed by atoms with E-state index in [2.05, 4.69) is 433 Å². The third kappa shape index (κ3) is 12.4. The standard InChI is InChI=1S/3C44H37N/c1-2-14-35(15-3-1)45(36-16-8-13-32(28-36)38-19-9-12-31-11-4-5-17-37(31)38)42-22-10-21-41-43(42)39-18-6-7-20-40(39)44(41)33-24-29-23-30(26-33)27-34(44)25-29;1-2-13-37(14-3-1)45(38-15-8-12-33(28-38)34-21-20-31-10-4-5-11-32(31)27-34)42-19-9-18-41-43(42)39-16-6-7-17-40(39)44(41)35-23-29-22-30(25-35)26-36(44)24-29;1-2-10-31(11-3-1)34-14-8-15-37(27-34)45(38-21-20-32-12-4-5-13-33(32)28-38)42-19-9-18-41-43(42)39-16-6-7-17-40(39)44(41)35-23-29-22-30(25-35)26-36(44)24-29/h1-22,28-30,33-34H,23-27H2;2*1-21,27-30,35-36H,22-26H2. The smallest absolute Gasteiger partial charge is 0.0543 e. The van der Waals surface area contributed by atoms with Crippen LogP contribution in [0.1, 0.15) is 130 Å². The van der Waals surface area contributed by atoms with Gasteiger partial charge in [-0.15, -0.1) is 0 Å². The summed E-state index contributed by atoms with van der Waals surface area (Å²) >= 11 is 0. The highest BCUT2D eigenvalue weighted by Gasteiger charge is 2.65. The van der Waals surface area contributed by atoms with Gasteiger partial charge in [-0.25, -0.2) is 0 Å². The third-order valence-corrected chi connectivity index (χ3v) is 36.0. The van der Waals surface area contributed by atoms with Crippen molar-refractivity contribution in [2.45, 2.75) is 113 Å². The fraction of sp³-hybridized carbons (Fsp3) is 0.227. The van der Waals surface area contributed by atoms with E-state index in [9.17, 15) is 0 Å². The molecule has 654 valence electrons. The average molecular weight is 1740 g/mol. The fourth-order valence-electron chi connectivity index (χ4n) is 31.8. The Balaban J connectivity index is 0.000000101. The Kier molecular flexibility index (Phi) is 18.7. The van der Waals surface area contributed by atoms with E-state index in [-0.39, 0.29) is 16.2 Å². The molecule has 12 saturated carbocycles. The molecule has 135 heavy (non-hydrogen) atoms. The molecule has 3 nitrogen and oxygen atoms in total. The highest BCUT2D eigenvalue weighted by atomic mass is 15.2. The van der Waals surface area contributed by atoms with Crippen molar-refractivity contribution in [1.82, 2.24) is 0 Å². The van der Waals surface area contributed by atoms with Gasteiger partial charge in [0, 0.05) is 67.1 Å². The van der Waals surface area contributed by atoms with Gasteiger partial charge in [0.15, 0.2) is 0 Å². The van der Waals surface area contributed by atoms with Crippen LogP contribution in [0.5, 0.6) is 0 Å². The maximum absolute atomic E-state index is 2.55. The van der Waals surface area contributed by atoms with Crippen LogP contribution in [-0.2, 0) is 16.2 Å². The lowest BCUT2D eigenvalue weighted by Gasteiger charge is -2.61. The van der Waals surface area contributed by atoms with E-state index in [1.807, 2.05) is 0 Å². The Bertz CT molecular complexity index is 7610. The maximum atomic E-state index is 2.55. The molecule has 3 heteroatoms. The quantitative estimate of drug-likeness (QED) is 0.121. The van der Waals surface area contributed by atoms with Crippen LogP contribution in [0.2, 0.25) is 0 Å². The summed E-state index contributed by atoms with van der Waals surface area (Å²) in [6, 6.07) is 157. The number of hydrogen-bond donors (Lipinski definition) is 0. The molecule has 0 heterocycles. The van der Waals surface area contributed by atoms with Gasteiger partial charge in [-0.1, -0.05) is 322 Å². The van der Waals surface area contributed by atoms with Crippen LogP contribution in [0.15, 0.2) is 419 Å². The first-order valence-corrected chi connectivity index (χ1v) is 50.9. The van der Waals surface area contributed by atoms with Gasteiger partial charge in [-0.3, -0.25) is 0 Å². The number of para-hydroxylation sites is 2. The van der Waals surface area contributed by atoms with Crippen molar-refractivity contribution < 1.29 is 0 Å². The summed E-state index contributed by atoms with van der Waals surface area (Å²) in [6.07, 6.45) is 21.3. The van der Waals surface area contributed by atoms with Crippen LogP contribution < -0.4 is 14.7 Å². The molecule has 18 aromatic rings. The second kappa shape index (κ2) is 31.6. The fourth-order valence-corrected chi connectivity index (χ4v) is 31.8. The predicted molar refractivity (Wildman–Crippen MR) is 562 cm³/mol. The summed E-state index contributed by atoms with van der Waals surface area (Å²) in [5, 5.41) is 7.67. The first-order valence-electron chi connectivity index (χ1n) is 50.9. The summed E-state index contributed by atoms with van der Waals surface area (Å²) < 4.78 is 0. The van der Waals surface area contributed by atoms with E-state index >= 15 is 0 Å². The predicted octanol–water partition coefficient (Wildman–Crippen LogP) is 35.1. The molecule has 3 spiro atoms. The van der Waals surface area contributed by atoms with E-state index < -0.39 is 0 Å². The SMILES string of the molecule is c1ccc(-c2cccc(N(c3ccc4ccccc4c3)c3cccc4c3-c3ccccc3C43C4CC5CC(C4)CC3C5)c2)cc1.c1ccc(N(c2cccc(-c3ccc4ccccc4c3)c2)c2cccc3c2-c2ccccc2C32C3CC4CC(C3)CC2C4)cc1.c1ccc(N(c2cccc(-c3cccc4ccccc34)c2)c2cccc3c2-c2ccccc2C32C3CC4CC(C3)CC2C4)cc1. The molecule has 0 atom stereocenters. The van der Waals surface area contributed by atoms with Crippen LogP contribution in [0.25, 0.3) is 99.1 Å². The summed E-state index contributed by atoms with van der Waals surface area (Å²) in [5.41, 5.74) is 37.4. The first kappa shape index (κ1) is 79.7. The van der Waals surface area contributed by atoms with Crippen LogP contribution in [0, 0.1) is 71.0 Å². The van der Waals surface area contributed by atoms with Crippen LogP contribution in [0.4, 0.5) is 51.2 Å². The summed E-state index contributed by atoms with van der Waals surface area (Å²) in [5.74, 6) is 10.2. The number of anilines is 9. The topological polar surface area (TPSA) is 9.72 Å². The monoisotopic (exact) mass is 1740 g/mol. The van der Waals surface area contributed by atoms with E-state index in [1.165, 1.54) is 247 Å². The average Bonchev–Trinajstić information content (AvgIpc) is 1.54. The minimum absolute atomic E-state index is 0.149. The highest BCUT2D eigenvalue weighted by Crippen LogP contribution is 2.75. The molecule has 33 rings (SSSR count). The summed E-state index contributed by atoms with van der Waals surface area (Å²) in [4.78, 5) is 7.60. The lowest BCUT2D eigenvalue weighted by Crippen LogP contribution is -2.55. The molecule has 0 aromatic heterocycles. The van der Waals surface area contributed by atoms with E-state index in [0.717, 1.165) is 71.0 Å². The van der Waals surface area contributed by atoms with Gasteiger partial charge < -0.3 is 14.7 Å². The Morgan fingerprint density at radius 1 is 0.163 bits per heavy atom. The van der Waals surface area contributed by atoms with Crippen LogP contribution >= 0.6 is 0 Å². The number of nitrogens with zero attached hydrogens (tertiary/aromatic N) is 3. The zero-order valence-electron chi connectivity index (χ0n) is 76.7. The third-order valence-electron chi connectivity index (χ3n) is 36.0. The molecule has 0 N–H and O–H groups in total. The molecule has 15 aliphatic carbocycles. The van der Waals surface area contributed by atoms with Gasteiger partial charge >= 0.3 is 0 Å². The van der Waals surface area contributed by atoms with Crippen molar-refractivity contribution in [3.05, 3.63) is 452 Å².